The van der Waals surface area contributed by atoms with E-state index in [1.807, 2.05) is 26.1 Å². The molecule has 1 aliphatic rings. The van der Waals surface area contributed by atoms with E-state index in [0.29, 0.717) is 13.2 Å². The molecule has 1 aromatic rings. The summed E-state index contributed by atoms with van der Waals surface area (Å²) in [6, 6.07) is 4.02. The summed E-state index contributed by atoms with van der Waals surface area (Å²) in [6.07, 6.45) is 3.66. The maximum absolute atomic E-state index is 6.20. The molecule has 2 rings (SSSR count). The number of pyridine rings is 1. The van der Waals surface area contributed by atoms with Crippen LogP contribution in [-0.4, -0.2) is 23.7 Å². The molecule has 76 valence electrons. The van der Waals surface area contributed by atoms with Crippen molar-refractivity contribution in [2.24, 2.45) is 5.73 Å². The minimum Gasteiger partial charge on any atom is -0.379 e. The Morgan fingerprint density at radius 2 is 2.21 bits per heavy atom. The van der Waals surface area contributed by atoms with Crippen molar-refractivity contribution in [3.05, 3.63) is 30.1 Å². The van der Waals surface area contributed by atoms with Crippen LogP contribution in [0.25, 0.3) is 0 Å². The van der Waals surface area contributed by atoms with E-state index in [1.54, 1.807) is 6.20 Å². The largest absolute Gasteiger partial charge is 0.379 e. The summed E-state index contributed by atoms with van der Waals surface area (Å²) in [5.74, 6) is 0. The van der Waals surface area contributed by atoms with Gasteiger partial charge in [-0.15, -0.1) is 0 Å². The zero-order chi connectivity index (χ0) is 10.2. The number of nitrogens with zero attached hydrogens (tertiary/aromatic N) is 1. The van der Waals surface area contributed by atoms with E-state index in [1.165, 1.54) is 5.56 Å². The van der Waals surface area contributed by atoms with E-state index in [-0.39, 0.29) is 11.0 Å². The Morgan fingerprint density at radius 1 is 1.50 bits per heavy atom. The first-order valence-corrected chi connectivity index (χ1v) is 4.83. The molecule has 3 nitrogen and oxygen atoms in total. The van der Waals surface area contributed by atoms with Crippen LogP contribution in [0, 0.1) is 0 Å². The Hall–Kier alpha value is -0.930. The molecular formula is C11H16N2O. The third kappa shape index (κ3) is 1.24. The van der Waals surface area contributed by atoms with Crippen LogP contribution in [0.2, 0.25) is 0 Å². The van der Waals surface area contributed by atoms with Crippen LogP contribution in [0.3, 0.4) is 0 Å². The molecule has 2 N–H and O–H groups in total. The lowest BCUT2D eigenvalue weighted by Gasteiger charge is -2.50. The van der Waals surface area contributed by atoms with Crippen LogP contribution in [0.1, 0.15) is 19.4 Å². The third-order valence-electron chi connectivity index (χ3n) is 3.14. The molecule has 0 spiro atoms. The molecule has 0 saturated carbocycles. The van der Waals surface area contributed by atoms with Crippen molar-refractivity contribution in [1.82, 2.24) is 4.98 Å². The van der Waals surface area contributed by atoms with Crippen LogP contribution < -0.4 is 5.73 Å². The van der Waals surface area contributed by atoms with Gasteiger partial charge in [-0.2, -0.15) is 0 Å². The van der Waals surface area contributed by atoms with E-state index in [4.69, 9.17) is 10.5 Å². The van der Waals surface area contributed by atoms with Gasteiger partial charge in [-0.25, -0.2) is 0 Å². The molecule has 14 heavy (non-hydrogen) atoms. The quantitative estimate of drug-likeness (QED) is 0.763. The highest BCUT2D eigenvalue weighted by molar-refractivity contribution is 5.30. The van der Waals surface area contributed by atoms with Gasteiger partial charge in [-0.1, -0.05) is 6.07 Å². The molecule has 2 heterocycles. The number of nitrogens with two attached hydrogens (primary N) is 1. The fourth-order valence-electron chi connectivity index (χ4n) is 1.86. The summed E-state index contributed by atoms with van der Waals surface area (Å²) < 4.78 is 5.31. The zero-order valence-corrected chi connectivity index (χ0v) is 8.66. The molecule has 0 amide bonds. The van der Waals surface area contributed by atoms with E-state index in [9.17, 15) is 0 Å². The van der Waals surface area contributed by atoms with Crippen LogP contribution in [0.4, 0.5) is 0 Å². The Bertz CT molecular complexity index is 312. The van der Waals surface area contributed by atoms with Crippen LogP contribution >= 0.6 is 0 Å². The van der Waals surface area contributed by atoms with Crippen molar-refractivity contribution < 1.29 is 4.74 Å². The lowest BCUT2D eigenvalue weighted by Crippen LogP contribution is -2.64. The Balaban J connectivity index is 2.39. The smallest absolute Gasteiger partial charge is 0.0609 e. The second-order valence-electron chi connectivity index (χ2n) is 4.54. The van der Waals surface area contributed by atoms with Gasteiger partial charge in [0.2, 0.25) is 0 Å². The highest BCUT2D eigenvalue weighted by atomic mass is 16.5. The van der Waals surface area contributed by atoms with Crippen molar-refractivity contribution in [1.29, 1.82) is 0 Å². The van der Waals surface area contributed by atoms with Gasteiger partial charge in [0.05, 0.1) is 18.6 Å². The van der Waals surface area contributed by atoms with Crippen molar-refractivity contribution >= 4 is 0 Å². The Kier molecular flexibility index (Phi) is 2.09. The zero-order valence-electron chi connectivity index (χ0n) is 8.66. The minimum absolute atomic E-state index is 0.0543. The molecule has 1 aliphatic heterocycles. The molecule has 1 aromatic heterocycles. The van der Waals surface area contributed by atoms with Crippen LogP contribution in [-0.2, 0) is 10.2 Å². The minimum atomic E-state index is -0.270. The van der Waals surface area contributed by atoms with Crippen molar-refractivity contribution in [3.63, 3.8) is 0 Å². The lowest BCUT2D eigenvalue weighted by molar-refractivity contribution is -0.0920. The summed E-state index contributed by atoms with van der Waals surface area (Å²) in [7, 11) is 0. The maximum Gasteiger partial charge on any atom is 0.0609 e. The SMILES string of the molecule is CC(C)(N)C1(c2cccnc2)COC1. The summed E-state index contributed by atoms with van der Waals surface area (Å²) >= 11 is 0. The van der Waals surface area contributed by atoms with Gasteiger partial charge >= 0.3 is 0 Å². The van der Waals surface area contributed by atoms with Gasteiger partial charge in [0.15, 0.2) is 0 Å². The first kappa shape index (κ1) is 9.62. The molecule has 0 radical (unpaired) electrons. The molecule has 1 saturated heterocycles. The molecule has 1 fully saturated rings. The number of hydrogen-bond acceptors (Lipinski definition) is 3. The second kappa shape index (κ2) is 3.04. The van der Waals surface area contributed by atoms with Crippen molar-refractivity contribution in [2.45, 2.75) is 24.8 Å². The fraction of sp³-hybridized carbons (Fsp3) is 0.545. The summed E-state index contributed by atoms with van der Waals surface area (Å²) in [5.41, 5.74) is 7.06. The first-order chi connectivity index (χ1) is 6.56. The van der Waals surface area contributed by atoms with E-state index < -0.39 is 0 Å². The number of aromatic nitrogens is 1. The van der Waals surface area contributed by atoms with Gasteiger partial charge in [0, 0.05) is 17.9 Å². The topological polar surface area (TPSA) is 48.1 Å². The molecule has 0 atom stereocenters. The van der Waals surface area contributed by atoms with Gasteiger partial charge < -0.3 is 10.5 Å². The van der Waals surface area contributed by atoms with Crippen LogP contribution in [0.5, 0.6) is 0 Å². The summed E-state index contributed by atoms with van der Waals surface area (Å²) in [5, 5.41) is 0. The Labute approximate surface area is 84.3 Å². The highest BCUT2D eigenvalue weighted by Crippen LogP contribution is 2.39. The molecule has 0 aliphatic carbocycles. The van der Waals surface area contributed by atoms with Crippen molar-refractivity contribution in [2.75, 3.05) is 13.2 Å². The molecule has 0 bridgehead atoms. The van der Waals surface area contributed by atoms with E-state index in [0.717, 1.165) is 0 Å². The molecule has 0 unspecified atom stereocenters. The molecule has 0 aromatic carbocycles. The number of rotatable bonds is 2. The monoisotopic (exact) mass is 192 g/mol. The molecule has 3 heteroatoms. The van der Waals surface area contributed by atoms with Gasteiger partial charge in [0.25, 0.3) is 0 Å². The number of ether oxygens (including phenoxy) is 1. The fourth-order valence-corrected chi connectivity index (χ4v) is 1.86. The predicted molar refractivity (Wildman–Crippen MR) is 55.0 cm³/mol. The maximum atomic E-state index is 6.20. The first-order valence-electron chi connectivity index (χ1n) is 4.83. The predicted octanol–water partition coefficient (Wildman–Crippen LogP) is 1.09. The van der Waals surface area contributed by atoms with E-state index in [2.05, 4.69) is 11.1 Å². The lowest BCUT2D eigenvalue weighted by atomic mass is 9.66. The van der Waals surface area contributed by atoms with Gasteiger partial charge in [0.1, 0.15) is 0 Å². The number of hydrogen-bond donors (Lipinski definition) is 1. The van der Waals surface area contributed by atoms with E-state index >= 15 is 0 Å². The standard InChI is InChI=1S/C11H16N2O/c1-10(2,12)11(7-14-8-11)9-4-3-5-13-6-9/h3-6H,7-8,12H2,1-2H3. The van der Waals surface area contributed by atoms with Gasteiger partial charge in [-0.05, 0) is 25.5 Å². The van der Waals surface area contributed by atoms with Gasteiger partial charge in [-0.3, -0.25) is 4.98 Å². The van der Waals surface area contributed by atoms with Crippen LogP contribution in [0.15, 0.2) is 24.5 Å². The summed E-state index contributed by atoms with van der Waals surface area (Å²) in [6.45, 7) is 5.48. The highest BCUT2D eigenvalue weighted by Gasteiger charge is 2.50. The average molecular weight is 192 g/mol. The normalized spacial score (nSPS) is 20.2. The summed E-state index contributed by atoms with van der Waals surface area (Å²) in [4.78, 5) is 4.14. The van der Waals surface area contributed by atoms with Crippen molar-refractivity contribution in [3.8, 4) is 0 Å². The Morgan fingerprint density at radius 3 is 2.57 bits per heavy atom. The third-order valence-corrected chi connectivity index (χ3v) is 3.14. The molecular weight excluding hydrogens is 176 g/mol. The second-order valence-corrected chi connectivity index (χ2v) is 4.54. The average Bonchev–Trinajstić information content (AvgIpc) is 2.01.